The van der Waals surface area contributed by atoms with Gasteiger partial charge in [0.2, 0.25) is 0 Å². The first kappa shape index (κ1) is 22.3. The number of aromatic nitrogens is 4. The largest absolute Gasteiger partial charge is 0.347 e. The number of nitrogens with two attached hydrogens (primary N) is 1. The molecule has 2 N–H and O–H groups in total. The fourth-order valence-corrected chi connectivity index (χ4v) is 4.68. The number of hydrogen-bond donors (Lipinski definition) is 1. The molecule has 33 heavy (non-hydrogen) atoms. The van der Waals surface area contributed by atoms with Crippen molar-refractivity contribution in [3.63, 3.8) is 0 Å². The fourth-order valence-electron chi connectivity index (χ4n) is 4.36. The van der Waals surface area contributed by atoms with Gasteiger partial charge >= 0.3 is 10.3 Å². The highest BCUT2D eigenvalue weighted by Crippen LogP contribution is 2.43. The SMILES string of the molecule is CC1(C)O[C@@H]2[C@H](O1)[C@@H](COS(N)(=O)=O)O[C@H]2n1cnc2c(CCc3ccccc3)ncnc21. The highest BCUT2D eigenvalue weighted by atomic mass is 32.2. The molecule has 0 amide bonds. The molecule has 0 saturated carbocycles. The number of nitrogens with zero attached hydrogens (tertiary/aromatic N) is 4. The molecule has 2 aromatic heterocycles. The Morgan fingerprint density at radius 1 is 1.09 bits per heavy atom. The van der Waals surface area contributed by atoms with Gasteiger partial charge in [-0.25, -0.2) is 20.1 Å². The van der Waals surface area contributed by atoms with E-state index in [2.05, 4.69) is 27.1 Å². The molecule has 0 unspecified atom stereocenters. The van der Waals surface area contributed by atoms with Gasteiger partial charge in [0.25, 0.3) is 0 Å². The summed E-state index contributed by atoms with van der Waals surface area (Å²) in [5, 5.41) is 4.99. The summed E-state index contributed by atoms with van der Waals surface area (Å²) in [4.78, 5) is 13.4. The minimum Gasteiger partial charge on any atom is -0.347 e. The van der Waals surface area contributed by atoms with Gasteiger partial charge in [-0.2, -0.15) is 8.42 Å². The quantitative estimate of drug-likeness (QED) is 0.534. The predicted molar refractivity (Wildman–Crippen MR) is 116 cm³/mol. The molecule has 2 aliphatic heterocycles. The first-order chi connectivity index (χ1) is 15.7. The molecule has 4 heterocycles. The van der Waals surface area contributed by atoms with E-state index in [9.17, 15) is 8.42 Å². The topological polar surface area (TPSA) is 141 Å². The molecule has 0 radical (unpaired) electrons. The fraction of sp³-hybridized carbons (Fsp3) is 0.476. The summed E-state index contributed by atoms with van der Waals surface area (Å²) in [6.45, 7) is 3.28. The van der Waals surface area contributed by atoms with Gasteiger partial charge < -0.3 is 14.2 Å². The monoisotopic (exact) mass is 475 g/mol. The van der Waals surface area contributed by atoms with Crippen LogP contribution < -0.4 is 5.14 Å². The zero-order valence-electron chi connectivity index (χ0n) is 18.2. The van der Waals surface area contributed by atoms with E-state index in [1.807, 2.05) is 18.2 Å². The Labute approximate surface area is 191 Å². The van der Waals surface area contributed by atoms with Gasteiger partial charge in [0.1, 0.15) is 30.2 Å². The molecule has 5 rings (SSSR count). The van der Waals surface area contributed by atoms with Crippen molar-refractivity contribution in [2.45, 2.75) is 57.0 Å². The number of rotatable bonds is 7. The first-order valence-corrected chi connectivity index (χ1v) is 12.1. The third-order valence-corrected chi connectivity index (χ3v) is 6.19. The van der Waals surface area contributed by atoms with E-state index in [0.29, 0.717) is 17.6 Å². The van der Waals surface area contributed by atoms with E-state index in [1.54, 1.807) is 24.7 Å². The number of fused-ring (bicyclic) bond motifs is 2. The van der Waals surface area contributed by atoms with Crippen molar-refractivity contribution in [1.82, 2.24) is 19.5 Å². The molecule has 0 spiro atoms. The van der Waals surface area contributed by atoms with Crippen molar-refractivity contribution in [1.29, 1.82) is 0 Å². The summed E-state index contributed by atoms with van der Waals surface area (Å²) < 4.78 is 47.3. The molecular formula is C21H25N5O6S. The molecule has 2 saturated heterocycles. The summed E-state index contributed by atoms with van der Waals surface area (Å²) >= 11 is 0. The maximum atomic E-state index is 11.3. The van der Waals surface area contributed by atoms with Gasteiger partial charge in [-0.15, -0.1) is 0 Å². The molecule has 2 aliphatic rings. The molecule has 176 valence electrons. The normalized spacial score (nSPS) is 26.6. The highest BCUT2D eigenvalue weighted by molar-refractivity contribution is 7.84. The smallest absolute Gasteiger partial charge is 0.333 e. The van der Waals surface area contributed by atoms with E-state index < -0.39 is 40.6 Å². The minimum atomic E-state index is -4.13. The van der Waals surface area contributed by atoms with Crippen LogP contribution in [0.1, 0.15) is 31.3 Å². The van der Waals surface area contributed by atoms with Gasteiger partial charge in [-0.05, 0) is 32.3 Å². The van der Waals surface area contributed by atoms with Crippen molar-refractivity contribution < 1.29 is 26.8 Å². The molecule has 2 fully saturated rings. The molecule has 3 aromatic rings. The van der Waals surface area contributed by atoms with Crippen LogP contribution in [0.15, 0.2) is 43.0 Å². The Morgan fingerprint density at radius 3 is 2.61 bits per heavy atom. The molecule has 1 aromatic carbocycles. The minimum absolute atomic E-state index is 0.292. The van der Waals surface area contributed by atoms with Crippen LogP contribution in [0.25, 0.3) is 11.2 Å². The zero-order chi connectivity index (χ0) is 23.2. The van der Waals surface area contributed by atoms with Crippen LogP contribution in [0.5, 0.6) is 0 Å². The molecular weight excluding hydrogens is 450 g/mol. The third kappa shape index (κ3) is 4.63. The molecule has 0 aliphatic carbocycles. The average Bonchev–Trinajstić information content (AvgIpc) is 3.42. The Balaban J connectivity index is 1.42. The van der Waals surface area contributed by atoms with Crippen LogP contribution in [0, 0.1) is 0 Å². The first-order valence-electron chi connectivity index (χ1n) is 10.6. The lowest BCUT2D eigenvalue weighted by atomic mass is 10.1. The van der Waals surface area contributed by atoms with Crippen molar-refractivity contribution in [2.75, 3.05) is 6.61 Å². The van der Waals surface area contributed by atoms with Crippen LogP contribution in [0.2, 0.25) is 0 Å². The number of ether oxygens (including phenoxy) is 3. The third-order valence-electron chi connectivity index (χ3n) is 5.72. The second kappa shape index (κ2) is 8.38. The average molecular weight is 476 g/mol. The second-order valence-corrected chi connectivity index (χ2v) is 9.76. The standard InChI is InChI=1S/C21H25N5O6S/c1-21(2)31-17-15(10-29-33(22,27)28)30-20(18(17)32-21)26-12-25-16-14(23-11-24-19(16)26)9-8-13-6-4-3-5-7-13/h3-7,11-12,15,17-18,20H,8-10H2,1-2H3,(H2,22,27,28)/t15-,17-,18-,20-/m1/s1. The summed E-state index contributed by atoms with van der Waals surface area (Å²) in [6.07, 6.45) is 2.23. The molecule has 12 heteroatoms. The van der Waals surface area contributed by atoms with Crippen LogP contribution in [-0.4, -0.2) is 58.6 Å². The summed E-state index contributed by atoms with van der Waals surface area (Å²) in [5.41, 5.74) is 3.31. The van der Waals surface area contributed by atoms with Crippen molar-refractivity contribution in [3.8, 4) is 0 Å². The van der Waals surface area contributed by atoms with Crippen LogP contribution in [-0.2, 0) is 41.5 Å². The Kier molecular flexibility index (Phi) is 5.67. The lowest BCUT2D eigenvalue weighted by molar-refractivity contribution is -0.198. The van der Waals surface area contributed by atoms with Crippen molar-refractivity contribution >= 4 is 21.5 Å². The van der Waals surface area contributed by atoms with Gasteiger partial charge in [0.05, 0.1) is 18.6 Å². The number of benzene rings is 1. The molecule has 4 atom stereocenters. The van der Waals surface area contributed by atoms with Crippen LogP contribution in [0.4, 0.5) is 0 Å². The lowest BCUT2D eigenvalue weighted by Crippen LogP contribution is -2.34. The molecule has 0 bridgehead atoms. The predicted octanol–water partition coefficient (Wildman–Crippen LogP) is 1.25. The van der Waals surface area contributed by atoms with E-state index >= 15 is 0 Å². The zero-order valence-corrected chi connectivity index (χ0v) is 19.0. The van der Waals surface area contributed by atoms with E-state index in [-0.39, 0.29) is 6.61 Å². The van der Waals surface area contributed by atoms with Gasteiger partial charge in [-0.3, -0.25) is 8.75 Å². The Hall–Kier alpha value is -2.48. The van der Waals surface area contributed by atoms with Crippen molar-refractivity contribution in [3.05, 3.63) is 54.2 Å². The highest BCUT2D eigenvalue weighted by Gasteiger charge is 2.56. The summed E-state index contributed by atoms with van der Waals surface area (Å²) in [6, 6.07) is 10.2. The number of aryl methyl sites for hydroxylation is 2. The van der Waals surface area contributed by atoms with Crippen LogP contribution in [0.3, 0.4) is 0 Å². The maximum absolute atomic E-state index is 11.3. The lowest BCUT2D eigenvalue weighted by Gasteiger charge is -2.24. The summed E-state index contributed by atoms with van der Waals surface area (Å²) in [7, 11) is -4.13. The Bertz CT molecular complexity index is 1250. The van der Waals surface area contributed by atoms with Crippen LogP contribution >= 0.6 is 0 Å². The van der Waals surface area contributed by atoms with Gasteiger partial charge in [0.15, 0.2) is 17.7 Å². The van der Waals surface area contributed by atoms with E-state index in [4.69, 9.17) is 23.5 Å². The maximum Gasteiger partial charge on any atom is 0.333 e. The summed E-state index contributed by atoms with van der Waals surface area (Å²) in [5.74, 6) is -0.872. The van der Waals surface area contributed by atoms with Gasteiger partial charge in [-0.1, -0.05) is 30.3 Å². The number of imidazole rings is 1. The van der Waals surface area contributed by atoms with Gasteiger partial charge in [0, 0.05) is 0 Å². The number of hydrogen-bond acceptors (Lipinski definition) is 9. The van der Waals surface area contributed by atoms with E-state index in [0.717, 1.165) is 12.1 Å². The molecule has 11 nitrogen and oxygen atoms in total. The Morgan fingerprint density at radius 2 is 1.85 bits per heavy atom. The van der Waals surface area contributed by atoms with E-state index in [1.165, 1.54) is 11.9 Å². The van der Waals surface area contributed by atoms with Crippen molar-refractivity contribution in [2.24, 2.45) is 5.14 Å². The second-order valence-electron chi connectivity index (χ2n) is 8.54.